The van der Waals surface area contributed by atoms with Crippen molar-refractivity contribution >= 4 is 5.91 Å². The Labute approximate surface area is 121 Å². The molecule has 0 aromatic heterocycles. The molecule has 1 heterocycles. The summed E-state index contributed by atoms with van der Waals surface area (Å²) >= 11 is 0. The highest BCUT2D eigenvalue weighted by Gasteiger charge is 2.28. The Morgan fingerprint density at radius 3 is 2.75 bits per heavy atom. The molecule has 0 saturated carbocycles. The highest BCUT2D eigenvalue weighted by atomic mass is 16.3. The zero-order valence-electron chi connectivity index (χ0n) is 12.5. The highest BCUT2D eigenvalue weighted by molar-refractivity contribution is 5.77. The summed E-state index contributed by atoms with van der Waals surface area (Å²) in [4.78, 5) is 14.3. The number of nitrogens with zero attached hydrogens (tertiary/aromatic N) is 1. The summed E-state index contributed by atoms with van der Waals surface area (Å²) in [6.07, 6.45) is 3.84. The number of aryl methyl sites for hydroxylation is 2. The third kappa shape index (κ3) is 4.07. The average molecular weight is 275 g/mol. The van der Waals surface area contributed by atoms with Crippen LogP contribution in [-0.2, 0) is 11.2 Å². The second kappa shape index (κ2) is 6.89. The summed E-state index contributed by atoms with van der Waals surface area (Å²) in [5.41, 5.74) is 2.46. The van der Waals surface area contributed by atoms with Gasteiger partial charge in [0.15, 0.2) is 0 Å². The summed E-state index contributed by atoms with van der Waals surface area (Å²) in [5.74, 6) is 0.230. The number of aliphatic hydroxyl groups excluding tert-OH is 1. The molecule has 0 spiro atoms. The molecule has 2 rings (SSSR count). The van der Waals surface area contributed by atoms with Crippen LogP contribution in [0.25, 0.3) is 0 Å². The van der Waals surface area contributed by atoms with Crippen LogP contribution in [0.2, 0.25) is 0 Å². The maximum Gasteiger partial charge on any atom is 0.223 e. The van der Waals surface area contributed by atoms with Gasteiger partial charge < -0.3 is 10.0 Å². The number of hydrogen-bond acceptors (Lipinski definition) is 2. The Morgan fingerprint density at radius 1 is 1.40 bits per heavy atom. The molecule has 1 fully saturated rings. The van der Waals surface area contributed by atoms with Gasteiger partial charge in [-0.05, 0) is 45.1 Å². The second-order valence-electron chi connectivity index (χ2n) is 5.95. The smallest absolute Gasteiger partial charge is 0.223 e. The zero-order chi connectivity index (χ0) is 14.5. The number of likely N-dealkylation sites (tertiary alicyclic amines) is 1. The van der Waals surface area contributed by atoms with Crippen LogP contribution in [0.4, 0.5) is 0 Å². The van der Waals surface area contributed by atoms with Gasteiger partial charge in [-0.2, -0.15) is 0 Å². The summed E-state index contributed by atoms with van der Waals surface area (Å²) in [7, 11) is 0. The molecule has 3 heteroatoms. The number of amides is 1. The molecule has 0 radical (unpaired) electrons. The van der Waals surface area contributed by atoms with Gasteiger partial charge in [0, 0.05) is 19.0 Å². The second-order valence-corrected chi connectivity index (χ2v) is 5.95. The Morgan fingerprint density at radius 2 is 2.10 bits per heavy atom. The third-order valence-corrected chi connectivity index (χ3v) is 4.06. The van der Waals surface area contributed by atoms with Crippen molar-refractivity contribution in [3.63, 3.8) is 0 Å². The first-order valence-electron chi connectivity index (χ1n) is 7.59. The molecule has 0 bridgehead atoms. The lowest BCUT2D eigenvalue weighted by atomic mass is 10.1. The van der Waals surface area contributed by atoms with Crippen molar-refractivity contribution in [1.29, 1.82) is 0 Å². The third-order valence-electron chi connectivity index (χ3n) is 4.06. The molecule has 0 aliphatic carbocycles. The van der Waals surface area contributed by atoms with E-state index in [1.165, 1.54) is 11.1 Å². The fourth-order valence-electron chi connectivity index (χ4n) is 2.95. The predicted molar refractivity (Wildman–Crippen MR) is 80.5 cm³/mol. The van der Waals surface area contributed by atoms with Gasteiger partial charge in [-0.3, -0.25) is 4.79 Å². The number of carbonyl (C=O) groups excluding carboxylic acids is 1. The normalized spacial score (nSPS) is 20.1. The quantitative estimate of drug-likeness (QED) is 0.897. The summed E-state index contributed by atoms with van der Waals surface area (Å²) < 4.78 is 0. The molecular formula is C17H25NO2. The topological polar surface area (TPSA) is 40.5 Å². The van der Waals surface area contributed by atoms with Crippen molar-refractivity contribution in [2.75, 3.05) is 6.54 Å². The van der Waals surface area contributed by atoms with Crippen LogP contribution in [0.3, 0.4) is 0 Å². The van der Waals surface area contributed by atoms with Gasteiger partial charge in [-0.1, -0.05) is 29.8 Å². The van der Waals surface area contributed by atoms with Gasteiger partial charge in [-0.15, -0.1) is 0 Å². The van der Waals surface area contributed by atoms with Crippen LogP contribution in [0.1, 0.15) is 43.7 Å². The Kier molecular flexibility index (Phi) is 5.18. The van der Waals surface area contributed by atoms with Crippen molar-refractivity contribution in [2.45, 2.75) is 58.1 Å². The van der Waals surface area contributed by atoms with Crippen LogP contribution in [-0.4, -0.2) is 34.6 Å². The monoisotopic (exact) mass is 275 g/mol. The Balaban J connectivity index is 1.86. The highest BCUT2D eigenvalue weighted by Crippen LogP contribution is 2.22. The number of hydrogen-bond donors (Lipinski definition) is 1. The minimum absolute atomic E-state index is 0.230. The molecular weight excluding hydrogens is 250 g/mol. The SMILES string of the molecule is Cc1ccc(CCC(=O)N2CCC[C@@H]2C[C@@H](C)O)cc1. The van der Waals surface area contributed by atoms with Crippen LogP contribution in [0.15, 0.2) is 24.3 Å². The minimum Gasteiger partial charge on any atom is -0.393 e. The molecule has 1 aromatic carbocycles. The molecule has 110 valence electrons. The summed E-state index contributed by atoms with van der Waals surface area (Å²) in [6, 6.07) is 8.61. The number of aliphatic hydroxyl groups is 1. The predicted octanol–water partition coefficient (Wildman–Crippen LogP) is 2.69. The molecule has 3 nitrogen and oxygen atoms in total. The molecule has 1 N–H and O–H groups in total. The summed E-state index contributed by atoms with van der Waals surface area (Å²) in [5, 5.41) is 9.51. The molecule has 1 saturated heterocycles. The fourth-order valence-corrected chi connectivity index (χ4v) is 2.95. The lowest BCUT2D eigenvalue weighted by Crippen LogP contribution is -2.37. The number of rotatable bonds is 5. The van der Waals surface area contributed by atoms with E-state index in [9.17, 15) is 9.90 Å². The molecule has 1 aromatic rings. The number of carbonyl (C=O) groups is 1. The van der Waals surface area contributed by atoms with Gasteiger partial charge >= 0.3 is 0 Å². The first-order chi connectivity index (χ1) is 9.56. The first-order valence-corrected chi connectivity index (χ1v) is 7.59. The van der Waals surface area contributed by atoms with Crippen molar-refractivity contribution in [3.8, 4) is 0 Å². The van der Waals surface area contributed by atoms with Gasteiger partial charge in [0.25, 0.3) is 0 Å². The van der Waals surface area contributed by atoms with E-state index >= 15 is 0 Å². The van der Waals surface area contributed by atoms with E-state index in [0.717, 1.165) is 25.8 Å². The van der Waals surface area contributed by atoms with E-state index < -0.39 is 0 Å². The van der Waals surface area contributed by atoms with Crippen LogP contribution in [0, 0.1) is 6.92 Å². The molecule has 20 heavy (non-hydrogen) atoms. The van der Waals surface area contributed by atoms with E-state index in [0.29, 0.717) is 12.8 Å². The van der Waals surface area contributed by atoms with Crippen molar-refractivity contribution in [3.05, 3.63) is 35.4 Å². The zero-order valence-corrected chi connectivity index (χ0v) is 12.5. The average Bonchev–Trinajstić information content (AvgIpc) is 2.85. The van der Waals surface area contributed by atoms with Crippen molar-refractivity contribution < 1.29 is 9.90 Å². The van der Waals surface area contributed by atoms with E-state index in [1.54, 1.807) is 6.92 Å². The standard InChI is InChI=1S/C17H25NO2/c1-13-5-7-15(8-6-13)9-10-17(20)18-11-3-4-16(18)12-14(2)19/h5-8,14,16,19H,3-4,9-12H2,1-2H3/t14-,16-/m1/s1. The van der Waals surface area contributed by atoms with E-state index in [2.05, 4.69) is 31.2 Å². The van der Waals surface area contributed by atoms with E-state index in [-0.39, 0.29) is 18.1 Å². The van der Waals surface area contributed by atoms with Gasteiger partial charge in [0.2, 0.25) is 5.91 Å². The van der Waals surface area contributed by atoms with Crippen LogP contribution < -0.4 is 0 Å². The maximum absolute atomic E-state index is 12.3. The lowest BCUT2D eigenvalue weighted by Gasteiger charge is -2.25. The van der Waals surface area contributed by atoms with Gasteiger partial charge in [0.1, 0.15) is 0 Å². The minimum atomic E-state index is -0.328. The van der Waals surface area contributed by atoms with Crippen molar-refractivity contribution in [2.24, 2.45) is 0 Å². The van der Waals surface area contributed by atoms with E-state index in [4.69, 9.17) is 0 Å². The van der Waals surface area contributed by atoms with Gasteiger partial charge in [0.05, 0.1) is 6.10 Å². The van der Waals surface area contributed by atoms with Crippen LogP contribution in [0.5, 0.6) is 0 Å². The molecule has 1 amide bonds. The van der Waals surface area contributed by atoms with Gasteiger partial charge in [-0.25, -0.2) is 0 Å². The molecule has 2 atom stereocenters. The summed E-state index contributed by atoms with van der Waals surface area (Å²) in [6.45, 7) is 4.72. The van der Waals surface area contributed by atoms with Crippen molar-refractivity contribution in [1.82, 2.24) is 4.90 Å². The van der Waals surface area contributed by atoms with Crippen LogP contribution >= 0.6 is 0 Å². The maximum atomic E-state index is 12.3. The Hall–Kier alpha value is -1.35. The largest absolute Gasteiger partial charge is 0.393 e. The first kappa shape index (κ1) is 15.0. The molecule has 1 aliphatic rings. The molecule has 0 unspecified atom stereocenters. The lowest BCUT2D eigenvalue weighted by molar-refractivity contribution is -0.132. The molecule has 1 aliphatic heterocycles. The fraction of sp³-hybridized carbons (Fsp3) is 0.588. The Bertz CT molecular complexity index is 439. The number of benzene rings is 1. The van der Waals surface area contributed by atoms with E-state index in [1.807, 2.05) is 4.90 Å².